The van der Waals surface area contributed by atoms with Gasteiger partial charge in [0.2, 0.25) is 88.6 Å². The van der Waals surface area contributed by atoms with E-state index in [0.717, 1.165) is 19.6 Å². The monoisotopic (exact) mass is 1920 g/mol. The molecule has 15 amide bonds. The van der Waals surface area contributed by atoms with Crippen molar-refractivity contribution in [1.29, 1.82) is 0 Å². The van der Waals surface area contributed by atoms with Crippen molar-refractivity contribution in [1.82, 2.24) is 77.3 Å². The van der Waals surface area contributed by atoms with E-state index in [2.05, 4.69) is 52.8 Å². The van der Waals surface area contributed by atoms with Crippen molar-refractivity contribution < 1.29 is 111 Å². The fourth-order valence-electron chi connectivity index (χ4n) is 17.1. The SMILES string of the molecule is CCCCC1C(=O)N2CC(O)CC2C(=O)NC(CC(O)O)C(=O)NC(C(C)C)C(=O)N(C)C(Cc2ccccc2)C(=O)NC(Cc2ccc(O)cc2)C(=O)N2CCCC2C(=O)NC(Cc2c[nH]c3ccccc23)C(=O)NC(Cc2ccc(O)cc2)C(=O)NC(CC(C)C)C(=O)NC(C(=O)NCC(N)=O)CSCC(=O)NC(Cc2cc(F)c(F)c(F)c2)C(=O)N(C)C(Cc2ccccc2)C(=O)N1C. The van der Waals surface area contributed by atoms with Crippen molar-refractivity contribution >= 4 is 111 Å². The van der Waals surface area contributed by atoms with Crippen LogP contribution in [0.15, 0.2) is 152 Å². The molecule has 17 N–H and O–H groups in total. The molecular formula is C97H121F3N16O20S. The van der Waals surface area contributed by atoms with E-state index < -0.39 is 253 Å². The second-order valence-corrected chi connectivity index (χ2v) is 36.7. The number of carbonyl (C=O) groups is 15. The zero-order valence-corrected chi connectivity index (χ0v) is 78.2. The molecule has 10 rings (SSSR count). The number of hydrogen-bond donors (Lipinski definition) is 16. The van der Waals surface area contributed by atoms with E-state index in [4.69, 9.17) is 5.73 Å². The number of hydrogen-bond acceptors (Lipinski definition) is 21. The van der Waals surface area contributed by atoms with Crippen LogP contribution in [-0.2, 0) is 110 Å². The number of phenols is 2. The summed E-state index contributed by atoms with van der Waals surface area (Å²) in [5, 5.41) is 78.0. The van der Waals surface area contributed by atoms with E-state index in [1.807, 2.05) is 0 Å². The predicted octanol–water partition coefficient (Wildman–Crippen LogP) is 2.01. The maximum absolute atomic E-state index is 15.8. The Morgan fingerprint density at radius 3 is 1.60 bits per heavy atom. The van der Waals surface area contributed by atoms with Crippen LogP contribution in [0.1, 0.15) is 119 Å². The molecule has 1 aromatic heterocycles. The van der Waals surface area contributed by atoms with Gasteiger partial charge >= 0.3 is 0 Å². The first-order chi connectivity index (χ1) is 65.2. The van der Waals surface area contributed by atoms with E-state index in [-0.39, 0.29) is 87.8 Å². The Morgan fingerprint density at radius 1 is 0.511 bits per heavy atom. The number of likely N-dealkylation sites (N-methyl/N-ethyl adjacent to an activating group) is 3. The topological polar surface area (TPSA) is 523 Å². The zero-order chi connectivity index (χ0) is 99.8. The highest BCUT2D eigenvalue weighted by Crippen LogP contribution is 2.29. The van der Waals surface area contributed by atoms with Gasteiger partial charge in [0.1, 0.15) is 90.0 Å². The Balaban J connectivity index is 1.06. The van der Waals surface area contributed by atoms with Crippen LogP contribution in [0, 0.1) is 29.3 Å². The molecular weight excluding hydrogens is 1800 g/mol. The van der Waals surface area contributed by atoms with Gasteiger partial charge in [-0.15, -0.1) is 11.8 Å². The van der Waals surface area contributed by atoms with Crippen molar-refractivity contribution in [3.05, 3.63) is 203 Å². The molecule has 736 valence electrons. The number of phenolic OH excluding ortho intramolecular Hbond substituents is 2. The number of thioether (sulfide) groups is 1. The number of nitrogens with two attached hydrogens (primary N) is 1. The summed E-state index contributed by atoms with van der Waals surface area (Å²) >= 11 is 0.665. The van der Waals surface area contributed by atoms with E-state index in [1.165, 1.54) is 74.6 Å². The van der Waals surface area contributed by atoms with Crippen molar-refractivity contribution in [2.45, 2.75) is 215 Å². The Kier molecular flexibility index (Phi) is 38.0. The first kappa shape index (κ1) is 106. The van der Waals surface area contributed by atoms with Crippen LogP contribution >= 0.6 is 11.8 Å². The second-order valence-electron chi connectivity index (χ2n) is 35.6. The number of nitrogens with one attached hydrogen (secondary N) is 10. The fraction of sp³-hybridized carbons (Fsp3) is 0.454. The highest BCUT2D eigenvalue weighted by molar-refractivity contribution is 8.00. The summed E-state index contributed by atoms with van der Waals surface area (Å²) in [5.41, 5.74) is 7.90. The number of H-pyrrole nitrogens is 1. The third-order valence-corrected chi connectivity index (χ3v) is 25.5. The number of halogens is 3. The quantitative estimate of drug-likeness (QED) is 0.0322. The molecule has 6 aromatic carbocycles. The third kappa shape index (κ3) is 29.1. The Labute approximate surface area is 794 Å². The number of fused-ring (bicyclic) bond motifs is 3. The van der Waals surface area contributed by atoms with Gasteiger partial charge in [0.15, 0.2) is 23.7 Å². The van der Waals surface area contributed by atoms with Gasteiger partial charge in [-0.3, -0.25) is 71.9 Å². The molecule has 7 aromatic rings. The van der Waals surface area contributed by atoms with Gasteiger partial charge in [-0.25, -0.2) is 13.2 Å². The van der Waals surface area contributed by atoms with Gasteiger partial charge in [-0.2, -0.15) is 0 Å². The van der Waals surface area contributed by atoms with Gasteiger partial charge in [-0.1, -0.05) is 151 Å². The summed E-state index contributed by atoms with van der Waals surface area (Å²) in [6.45, 7) is 6.88. The number of para-hydroxylation sites is 1. The number of carbonyl (C=O) groups excluding carboxylic acids is 15. The lowest BCUT2D eigenvalue weighted by atomic mass is 9.98. The number of benzene rings is 6. The molecule has 0 radical (unpaired) electrons. The smallest absolute Gasteiger partial charge is 0.246 e. The number of aliphatic hydroxyl groups is 3. The Bertz CT molecular complexity index is 5430. The number of aromatic amines is 1. The zero-order valence-electron chi connectivity index (χ0n) is 77.4. The minimum absolute atomic E-state index is 0.00254. The van der Waals surface area contributed by atoms with E-state index in [0.29, 0.717) is 69.0 Å². The molecule has 3 fully saturated rings. The lowest BCUT2D eigenvalue weighted by Gasteiger charge is -2.38. The van der Waals surface area contributed by atoms with Crippen LogP contribution in [0.4, 0.5) is 13.2 Å². The molecule has 3 aliphatic heterocycles. The minimum atomic E-state index is -2.33. The molecule has 0 aliphatic carbocycles. The average Bonchev–Trinajstić information content (AvgIpc) is 1.75. The maximum atomic E-state index is 15.8. The Morgan fingerprint density at radius 2 is 1.01 bits per heavy atom. The summed E-state index contributed by atoms with van der Waals surface area (Å²) in [6.07, 6.45) is -5.27. The van der Waals surface area contributed by atoms with Gasteiger partial charge in [0, 0.05) is 108 Å². The van der Waals surface area contributed by atoms with Crippen LogP contribution in [0.2, 0.25) is 0 Å². The molecule has 0 spiro atoms. The molecule has 3 aliphatic rings. The number of primary amides is 1. The van der Waals surface area contributed by atoms with Gasteiger partial charge in [0.05, 0.1) is 18.4 Å². The first-order valence-electron chi connectivity index (χ1n) is 45.5. The summed E-state index contributed by atoms with van der Waals surface area (Å²) in [4.78, 5) is 235. The standard InChI is InChI=1S/C97H121F3N16O20S/c1-9-10-26-76-96(135)116-50-63(119)46-78(116)92(131)108-71(47-82(122)123)89(128)111-84(54(4)5)97(136)113(7)77(43-55-20-13-11-14-21-55)91(130)109-73(41-58-30-34-62(118)35-31-58)94(133)115-36-19-27-75(115)90(129)107-70(45-60-48-102-67-25-18-17-24-64(60)67)88(127)106-69(40-57-28-32-61(117)33-29-57)87(126)105-68(37-53(2)3)86(125)110-74(85(124)103-49-80(101)120)51-137-52-81(121)104-72(42-59-38-65(98)83(100)66(99)39-59)93(132)114(8)79(95(134)112(76)6)44-56-22-15-12-16-23-56/h11-18,20-25,28-35,38-39,48,53-54,63,68-79,82,84,102,117-119,122-123H,9-10,19,26-27,36-37,40-47,49-52H2,1-8H3,(H2,101,120)(H,103,124)(H,104,121)(H,105,126)(H,106,127)(H,107,129)(H,108,131)(H,109,130)(H,110,125)(H,111,128). The number of nitrogens with zero attached hydrogens (tertiary/aromatic N) is 5. The summed E-state index contributed by atoms with van der Waals surface area (Å²) < 4.78 is 45.2. The van der Waals surface area contributed by atoms with Crippen molar-refractivity contribution in [2.24, 2.45) is 17.6 Å². The molecule has 137 heavy (non-hydrogen) atoms. The predicted molar refractivity (Wildman–Crippen MR) is 498 cm³/mol. The van der Waals surface area contributed by atoms with Crippen LogP contribution in [0.3, 0.4) is 0 Å². The molecule has 3 saturated heterocycles. The fourth-order valence-corrected chi connectivity index (χ4v) is 17.9. The number of unbranched alkanes of at least 4 members (excludes halogenated alkanes) is 1. The molecule has 14 atom stereocenters. The molecule has 36 nitrogen and oxygen atoms in total. The van der Waals surface area contributed by atoms with Gasteiger partial charge in [0.25, 0.3) is 0 Å². The summed E-state index contributed by atoms with van der Waals surface area (Å²) in [6, 6.07) is 14.7. The number of amides is 15. The molecule has 14 unspecified atom stereocenters. The lowest BCUT2D eigenvalue weighted by Crippen LogP contribution is -2.62. The average molecular weight is 1920 g/mol. The van der Waals surface area contributed by atoms with E-state index >= 15 is 61.5 Å². The molecule has 0 bridgehead atoms. The lowest BCUT2D eigenvalue weighted by molar-refractivity contribution is -0.152. The summed E-state index contributed by atoms with van der Waals surface area (Å²) in [5.74, 6) is -22.9. The van der Waals surface area contributed by atoms with Crippen molar-refractivity contribution in [3.63, 3.8) is 0 Å². The van der Waals surface area contributed by atoms with Gasteiger partial charge < -0.3 is 109 Å². The Hall–Kier alpha value is -13.5. The third-order valence-electron chi connectivity index (χ3n) is 24.5. The second kappa shape index (κ2) is 49.3. The number of aliphatic hydroxyl groups excluding tert-OH is 2. The van der Waals surface area contributed by atoms with Crippen LogP contribution in [0.25, 0.3) is 10.9 Å². The largest absolute Gasteiger partial charge is 0.508 e. The first-order valence-corrected chi connectivity index (χ1v) is 46.7. The van der Waals surface area contributed by atoms with Crippen LogP contribution in [0.5, 0.6) is 11.5 Å². The van der Waals surface area contributed by atoms with Crippen molar-refractivity contribution in [3.8, 4) is 11.5 Å². The van der Waals surface area contributed by atoms with E-state index in [1.54, 1.807) is 126 Å². The van der Waals surface area contributed by atoms with Gasteiger partial charge in [-0.05, 0) is 113 Å². The van der Waals surface area contributed by atoms with E-state index in [9.17, 15) is 49.1 Å². The highest BCUT2D eigenvalue weighted by Gasteiger charge is 2.48. The summed E-state index contributed by atoms with van der Waals surface area (Å²) in [7, 11) is 3.70. The van der Waals surface area contributed by atoms with Crippen LogP contribution in [-0.4, -0.2) is 287 Å². The molecule has 40 heteroatoms. The van der Waals surface area contributed by atoms with Crippen LogP contribution < -0.4 is 53.6 Å². The minimum Gasteiger partial charge on any atom is -0.508 e. The molecule has 4 heterocycles. The maximum Gasteiger partial charge on any atom is 0.246 e. The number of aromatic nitrogens is 1. The number of aromatic hydroxyl groups is 2. The normalized spacial score (nSPS) is 23.9. The molecule has 0 saturated carbocycles. The van der Waals surface area contributed by atoms with Crippen molar-refractivity contribution in [2.75, 3.05) is 52.3 Å². The number of rotatable bonds is 23. The highest BCUT2D eigenvalue weighted by atomic mass is 32.2.